The monoisotopic (exact) mass is 341 g/mol. The average molecular weight is 342 g/mol. The van der Waals surface area contributed by atoms with E-state index in [0.717, 1.165) is 10.8 Å². The van der Waals surface area contributed by atoms with E-state index in [1.807, 2.05) is 36.4 Å². The smallest absolute Gasteiger partial charge is 0.256 e. The van der Waals surface area contributed by atoms with Crippen LogP contribution in [-0.2, 0) is 0 Å². The molecule has 3 aromatic rings. The number of hydrogen-bond acceptors (Lipinski definition) is 3. The predicted octanol–water partition coefficient (Wildman–Crippen LogP) is 4.76. The van der Waals surface area contributed by atoms with Crippen LogP contribution < -0.4 is 14.8 Å². The summed E-state index contributed by atoms with van der Waals surface area (Å²) in [6, 6.07) is 16.6. The van der Waals surface area contributed by atoms with Crippen molar-refractivity contribution in [2.45, 2.75) is 0 Å². The molecule has 1 amide bonds. The second kappa shape index (κ2) is 6.81. The molecular formula is C19H16ClNO3. The van der Waals surface area contributed by atoms with Crippen LogP contribution in [0.3, 0.4) is 0 Å². The lowest BCUT2D eigenvalue weighted by Crippen LogP contribution is -2.13. The van der Waals surface area contributed by atoms with E-state index in [0.29, 0.717) is 27.8 Å². The van der Waals surface area contributed by atoms with Gasteiger partial charge < -0.3 is 14.8 Å². The second-order valence-corrected chi connectivity index (χ2v) is 5.58. The first-order valence-corrected chi connectivity index (χ1v) is 7.72. The van der Waals surface area contributed by atoms with Gasteiger partial charge in [0.05, 0.1) is 24.9 Å². The van der Waals surface area contributed by atoms with Gasteiger partial charge in [-0.25, -0.2) is 0 Å². The van der Waals surface area contributed by atoms with Gasteiger partial charge in [-0.05, 0) is 22.9 Å². The van der Waals surface area contributed by atoms with Crippen molar-refractivity contribution in [2.24, 2.45) is 0 Å². The molecule has 0 aliphatic heterocycles. The number of carbonyl (C=O) groups is 1. The molecule has 0 aliphatic rings. The highest BCUT2D eigenvalue weighted by Crippen LogP contribution is 2.36. The van der Waals surface area contributed by atoms with E-state index in [1.54, 1.807) is 18.2 Å². The van der Waals surface area contributed by atoms with Gasteiger partial charge in [0, 0.05) is 11.6 Å². The third-order valence-electron chi connectivity index (χ3n) is 3.76. The summed E-state index contributed by atoms with van der Waals surface area (Å²) in [7, 11) is 3.05. The fraction of sp³-hybridized carbons (Fsp3) is 0.105. The first-order chi connectivity index (χ1) is 11.6. The number of amides is 1. The van der Waals surface area contributed by atoms with Crippen molar-refractivity contribution in [3.05, 3.63) is 65.2 Å². The SMILES string of the molecule is COc1cc(OC)c(NC(=O)c2cccc3ccccc23)cc1Cl. The number of benzene rings is 3. The molecule has 0 atom stereocenters. The molecule has 0 spiro atoms. The van der Waals surface area contributed by atoms with E-state index in [9.17, 15) is 4.79 Å². The Morgan fingerprint density at radius 2 is 1.67 bits per heavy atom. The van der Waals surface area contributed by atoms with Gasteiger partial charge in [0.15, 0.2) is 0 Å². The van der Waals surface area contributed by atoms with Crippen molar-refractivity contribution in [2.75, 3.05) is 19.5 Å². The summed E-state index contributed by atoms with van der Waals surface area (Å²) >= 11 is 6.15. The fourth-order valence-electron chi connectivity index (χ4n) is 2.57. The minimum atomic E-state index is -0.230. The highest BCUT2D eigenvalue weighted by atomic mass is 35.5. The van der Waals surface area contributed by atoms with Crippen molar-refractivity contribution in [1.82, 2.24) is 0 Å². The minimum absolute atomic E-state index is 0.230. The van der Waals surface area contributed by atoms with E-state index >= 15 is 0 Å². The number of halogens is 1. The largest absolute Gasteiger partial charge is 0.495 e. The average Bonchev–Trinajstić information content (AvgIpc) is 2.61. The highest BCUT2D eigenvalue weighted by molar-refractivity contribution is 6.32. The van der Waals surface area contributed by atoms with Gasteiger partial charge in [-0.3, -0.25) is 4.79 Å². The Labute approximate surface area is 145 Å². The summed E-state index contributed by atoms with van der Waals surface area (Å²) < 4.78 is 10.5. The maximum Gasteiger partial charge on any atom is 0.256 e. The zero-order valence-electron chi connectivity index (χ0n) is 13.3. The summed E-state index contributed by atoms with van der Waals surface area (Å²) in [5.74, 6) is 0.729. The number of ether oxygens (including phenoxy) is 2. The van der Waals surface area contributed by atoms with Crippen LogP contribution in [0.5, 0.6) is 11.5 Å². The molecule has 0 unspecified atom stereocenters. The number of anilines is 1. The molecule has 24 heavy (non-hydrogen) atoms. The molecule has 3 aromatic carbocycles. The lowest BCUT2D eigenvalue weighted by atomic mass is 10.0. The van der Waals surface area contributed by atoms with E-state index in [1.165, 1.54) is 14.2 Å². The van der Waals surface area contributed by atoms with Crippen LogP contribution in [0.25, 0.3) is 10.8 Å². The fourth-order valence-corrected chi connectivity index (χ4v) is 2.81. The first-order valence-electron chi connectivity index (χ1n) is 7.34. The normalized spacial score (nSPS) is 10.5. The molecule has 0 aliphatic carbocycles. The molecule has 0 saturated heterocycles. The standard InChI is InChI=1S/C19H16ClNO3/c1-23-17-11-18(24-2)16(10-15(17)20)21-19(22)14-9-5-7-12-6-3-4-8-13(12)14/h3-11H,1-2H3,(H,21,22). The molecule has 5 heteroatoms. The van der Waals surface area contributed by atoms with E-state index in [-0.39, 0.29) is 5.91 Å². The van der Waals surface area contributed by atoms with Crippen LogP contribution in [0, 0.1) is 0 Å². The summed E-state index contributed by atoms with van der Waals surface area (Å²) in [5, 5.41) is 5.14. The number of nitrogens with one attached hydrogen (secondary N) is 1. The van der Waals surface area contributed by atoms with Gasteiger partial charge >= 0.3 is 0 Å². The topological polar surface area (TPSA) is 47.6 Å². The molecule has 1 N–H and O–H groups in total. The summed E-state index contributed by atoms with van der Waals surface area (Å²) in [4.78, 5) is 12.7. The quantitative estimate of drug-likeness (QED) is 0.744. The predicted molar refractivity (Wildman–Crippen MR) is 96.5 cm³/mol. The Hall–Kier alpha value is -2.72. The van der Waals surface area contributed by atoms with E-state index in [2.05, 4.69) is 5.32 Å². The molecule has 4 nitrogen and oxygen atoms in total. The van der Waals surface area contributed by atoms with Crippen molar-refractivity contribution in [1.29, 1.82) is 0 Å². The lowest BCUT2D eigenvalue weighted by Gasteiger charge is -2.14. The van der Waals surface area contributed by atoms with Crippen LogP contribution in [0.2, 0.25) is 5.02 Å². The Balaban J connectivity index is 1.99. The minimum Gasteiger partial charge on any atom is -0.495 e. The maximum atomic E-state index is 12.7. The van der Waals surface area contributed by atoms with Crippen molar-refractivity contribution >= 4 is 34.0 Å². The third-order valence-corrected chi connectivity index (χ3v) is 4.05. The number of rotatable bonds is 4. The molecule has 0 bridgehead atoms. The van der Waals surface area contributed by atoms with Crippen LogP contribution in [-0.4, -0.2) is 20.1 Å². The van der Waals surface area contributed by atoms with Crippen LogP contribution in [0.4, 0.5) is 5.69 Å². The number of methoxy groups -OCH3 is 2. The molecule has 0 heterocycles. The molecule has 0 fully saturated rings. The number of fused-ring (bicyclic) bond motifs is 1. The van der Waals surface area contributed by atoms with Crippen LogP contribution in [0.15, 0.2) is 54.6 Å². The van der Waals surface area contributed by atoms with Crippen molar-refractivity contribution < 1.29 is 14.3 Å². The molecule has 122 valence electrons. The Kier molecular flexibility index (Phi) is 4.58. The second-order valence-electron chi connectivity index (χ2n) is 5.17. The van der Waals surface area contributed by atoms with Crippen molar-refractivity contribution in [3.63, 3.8) is 0 Å². The summed E-state index contributed by atoms with van der Waals surface area (Å²) in [6.07, 6.45) is 0. The van der Waals surface area contributed by atoms with Gasteiger partial charge in [-0.2, -0.15) is 0 Å². The Morgan fingerprint density at radius 3 is 2.42 bits per heavy atom. The van der Waals surface area contributed by atoms with Crippen molar-refractivity contribution in [3.8, 4) is 11.5 Å². The van der Waals surface area contributed by atoms with Crippen LogP contribution in [0.1, 0.15) is 10.4 Å². The highest BCUT2D eigenvalue weighted by Gasteiger charge is 2.15. The molecule has 0 saturated carbocycles. The first kappa shape index (κ1) is 16.1. The van der Waals surface area contributed by atoms with E-state index < -0.39 is 0 Å². The van der Waals surface area contributed by atoms with Gasteiger partial charge in [0.25, 0.3) is 5.91 Å². The lowest BCUT2D eigenvalue weighted by molar-refractivity contribution is 0.102. The third kappa shape index (κ3) is 3.01. The Morgan fingerprint density at radius 1 is 0.958 bits per heavy atom. The Bertz CT molecular complexity index is 903. The molecular weight excluding hydrogens is 326 g/mol. The summed E-state index contributed by atoms with van der Waals surface area (Å²) in [5.41, 5.74) is 1.07. The zero-order chi connectivity index (χ0) is 17.1. The molecule has 0 radical (unpaired) electrons. The maximum absolute atomic E-state index is 12.7. The van der Waals surface area contributed by atoms with Gasteiger partial charge in [0.1, 0.15) is 11.5 Å². The van der Waals surface area contributed by atoms with E-state index in [4.69, 9.17) is 21.1 Å². The van der Waals surface area contributed by atoms with Crippen LogP contribution >= 0.6 is 11.6 Å². The molecule has 3 rings (SSSR count). The van der Waals surface area contributed by atoms with Gasteiger partial charge in [-0.15, -0.1) is 0 Å². The number of hydrogen-bond donors (Lipinski definition) is 1. The van der Waals surface area contributed by atoms with Gasteiger partial charge in [-0.1, -0.05) is 48.0 Å². The molecule has 0 aromatic heterocycles. The zero-order valence-corrected chi connectivity index (χ0v) is 14.1. The summed E-state index contributed by atoms with van der Waals surface area (Å²) in [6.45, 7) is 0. The number of carbonyl (C=O) groups excluding carboxylic acids is 1. The van der Waals surface area contributed by atoms with Gasteiger partial charge in [0.2, 0.25) is 0 Å².